The Morgan fingerprint density at radius 3 is 2.54 bits per heavy atom. The van der Waals surface area contributed by atoms with Crippen LogP contribution in [0, 0.1) is 0 Å². The minimum absolute atomic E-state index is 0.250. The highest BCUT2D eigenvalue weighted by molar-refractivity contribution is 8.18. The lowest BCUT2D eigenvalue weighted by Gasteiger charge is -2.36. The smallest absolute Gasteiger partial charge is 0.293 e. The average molecular weight is 373 g/mol. The van der Waals surface area contributed by atoms with Crippen molar-refractivity contribution in [3.8, 4) is 0 Å². The highest BCUT2D eigenvalue weighted by atomic mass is 32.2. The Morgan fingerprint density at radius 2 is 1.88 bits per heavy atom. The minimum Gasteiger partial charge on any atom is -0.341 e. The zero-order chi connectivity index (χ0) is 18.1. The van der Waals surface area contributed by atoms with Crippen molar-refractivity contribution in [2.45, 2.75) is 31.7 Å². The number of likely N-dealkylation sites (N-methyl/N-ethyl adjacent to an activating group) is 1. The molecular weight excluding hydrogens is 350 g/mol. The van der Waals surface area contributed by atoms with Gasteiger partial charge in [0, 0.05) is 32.4 Å². The molecule has 3 aliphatic heterocycles. The van der Waals surface area contributed by atoms with E-state index in [4.69, 9.17) is 0 Å². The molecule has 0 unspecified atom stereocenters. The lowest BCUT2D eigenvalue weighted by atomic mass is 10.0. The summed E-state index contributed by atoms with van der Waals surface area (Å²) in [5.74, 6) is 0.431. The summed E-state index contributed by atoms with van der Waals surface area (Å²) in [7, 11) is 1.49. The van der Waals surface area contributed by atoms with Crippen LogP contribution < -0.4 is 4.90 Å². The van der Waals surface area contributed by atoms with E-state index >= 15 is 0 Å². The number of carbonyl (C=O) groups excluding carboxylic acids is 2. The van der Waals surface area contributed by atoms with Crippen LogP contribution in [0.1, 0.15) is 31.4 Å². The van der Waals surface area contributed by atoms with Crippen LogP contribution in [0.3, 0.4) is 0 Å². The van der Waals surface area contributed by atoms with Gasteiger partial charge >= 0.3 is 0 Å². The number of anilines is 1. The predicted octanol–water partition coefficient (Wildman–Crippen LogP) is 2.21. The number of hydrogen-bond donors (Lipinski definition) is 0. The molecule has 3 aliphatic rings. The summed E-state index contributed by atoms with van der Waals surface area (Å²) < 4.78 is 0. The minimum atomic E-state index is -0.272. The van der Waals surface area contributed by atoms with Gasteiger partial charge in [0.15, 0.2) is 0 Å². The molecule has 0 atom stereocenters. The summed E-state index contributed by atoms with van der Waals surface area (Å²) in [4.78, 5) is 39.0. The topological polar surface area (TPSA) is 69.6 Å². The van der Waals surface area contributed by atoms with E-state index in [1.807, 2.05) is 0 Å². The van der Waals surface area contributed by atoms with E-state index < -0.39 is 0 Å². The number of thioether (sulfide) groups is 1. The highest BCUT2D eigenvalue weighted by Gasteiger charge is 2.32. The van der Waals surface area contributed by atoms with Gasteiger partial charge in [-0.2, -0.15) is 0 Å². The monoisotopic (exact) mass is 373 g/mol. The van der Waals surface area contributed by atoms with E-state index in [1.165, 1.54) is 33.0 Å². The van der Waals surface area contributed by atoms with Crippen LogP contribution in [0.5, 0.6) is 0 Å². The summed E-state index contributed by atoms with van der Waals surface area (Å²) in [6.45, 7) is 4.39. The number of rotatable bonds is 3. The van der Waals surface area contributed by atoms with E-state index in [0.717, 1.165) is 42.6 Å². The van der Waals surface area contributed by atoms with Crippen molar-refractivity contribution < 1.29 is 9.59 Å². The fraction of sp³-hybridized carbons (Fsp3) is 0.556. The predicted molar refractivity (Wildman–Crippen MR) is 102 cm³/mol. The fourth-order valence-corrected chi connectivity index (χ4v) is 4.62. The Bertz CT molecular complexity index is 739. The van der Waals surface area contributed by atoms with Crippen LogP contribution in [0.15, 0.2) is 17.2 Å². The summed E-state index contributed by atoms with van der Waals surface area (Å²) in [6.07, 6.45) is 8.33. The fourth-order valence-electron chi connectivity index (χ4n) is 3.81. The third-order valence-electron chi connectivity index (χ3n) is 5.33. The summed E-state index contributed by atoms with van der Waals surface area (Å²) in [6, 6.07) is 2.46. The first kappa shape index (κ1) is 17.5. The number of likely N-dealkylation sites (tertiary alicyclic amines) is 1. The van der Waals surface area contributed by atoms with Gasteiger partial charge in [-0.1, -0.05) is 0 Å². The van der Waals surface area contributed by atoms with Crippen molar-refractivity contribution in [1.29, 1.82) is 0 Å². The average Bonchev–Trinajstić information content (AvgIpc) is 3.28. The van der Waals surface area contributed by atoms with E-state index in [9.17, 15) is 9.59 Å². The van der Waals surface area contributed by atoms with Crippen LogP contribution >= 0.6 is 11.8 Å². The number of nitrogens with zero attached hydrogens (tertiary/aromatic N) is 5. The second kappa shape index (κ2) is 7.36. The lowest BCUT2D eigenvalue weighted by molar-refractivity contribution is -0.121. The van der Waals surface area contributed by atoms with Gasteiger partial charge in [0.1, 0.15) is 0 Å². The molecule has 1 aromatic heterocycles. The van der Waals surface area contributed by atoms with Gasteiger partial charge in [-0.3, -0.25) is 14.5 Å². The second-order valence-corrected chi connectivity index (χ2v) is 7.98. The zero-order valence-electron chi connectivity index (χ0n) is 14.9. The highest BCUT2D eigenvalue weighted by Crippen LogP contribution is 2.31. The van der Waals surface area contributed by atoms with Gasteiger partial charge in [0.25, 0.3) is 11.1 Å². The molecule has 2 amide bonds. The number of piperidine rings is 1. The molecule has 26 heavy (non-hydrogen) atoms. The Morgan fingerprint density at radius 1 is 1.15 bits per heavy atom. The van der Waals surface area contributed by atoms with Crippen molar-refractivity contribution >= 4 is 34.9 Å². The number of carbonyl (C=O) groups is 2. The molecule has 7 nitrogen and oxygen atoms in total. The Balaban J connectivity index is 1.43. The number of hydrogen-bond acceptors (Lipinski definition) is 7. The Kier molecular flexibility index (Phi) is 4.95. The Hall–Kier alpha value is -1.93. The standard InChI is InChI=1S/C18H23N5O2S/c1-21-16(24)15(26-18(21)25)12-13-4-7-19-17(20-13)23-10-5-14(6-11-23)22-8-2-3-9-22/h4,7,12,14H,2-3,5-6,8-11H2,1H3. The summed E-state index contributed by atoms with van der Waals surface area (Å²) in [5, 5.41) is -0.250. The third-order valence-corrected chi connectivity index (χ3v) is 6.30. The molecule has 0 bridgehead atoms. The van der Waals surface area contributed by atoms with Crippen LogP contribution in [-0.2, 0) is 4.79 Å². The van der Waals surface area contributed by atoms with Crippen LogP contribution in [0.4, 0.5) is 10.7 Å². The van der Waals surface area contributed by atoms with E-state index in [2.05, 4.69) is 19.8 Å². The summed E-state index contributed by atoms with van der Waals surface area (Å²) >= 11 is 0.951. The molecule has 4 heterocycles. The maximum Gasteiger partial charge on any atom is 0.293 e. The Labute approximate surface area is 157 Å². The van der Waals surface area contributed by atoms with Crippen molar-refractivity contribution in [2.75, 3.05) is 38.1 Å². The molecule has 0 N–H and O–H groups in total. The molecule has 0 radical (unpaired) electrons. The van der Waals surface area contributed by atoms with Crippen molar-refractivity contribution in [2.24, 2.45) is 0 Å². The number of imide groups is 1. The quantitative estimate of drug-likeness (QED) is 0.752. The molecule has 0 saturated carbocycles. The molecule has 3 fully saturated rings. The van der Waals surface area contributed by atoms with Crippen molar-refractivity contribution in [3.05, 3.63) is 22.9 Å². The first-order valence-corrected chi connectivity index (χ1v) is 9.97. The number of amides is 2. The molecule has 138 valence electrons. The molecule has 0 aromatic carbocycles. The van der Waals surface area contributed by atoms with Gasteiger partial charge in [0.05, 0.1) is 10.6 Å². The maximum atomic E-state index is 12.0. The first-order chi connectivity index (χ1) is 12.6. The molecule has 3 saturated heterocycles. The molecule has 4 rings (SSSR count). The van der Waals surface area contributed by atoms with Gasteiger partial charge < -0.3 is 9.80 Å². The van der Waals surface area contributed by atoms with Crippen LogP contribution in [0.25, 0.3) is 6.08 Å². The van der Waals surface area contributed by atoms with Gasteiger partial charge in [-0.05, 0) is 62.7 Å². The van der Waals surface area contributed by atoms with Crippen molar-refractivity contribution in [1.82, 2.24) is 19.8 Å². The van der Waals surface area contributed by atoms with E-state index in [0.29, 0.717) is 22.6 Å². The molecule has 0 aliphatic carbocycles. The zero-order valence-corrected chi connectivity index (χ0v) is 15.7. The normalized spacial score (nSPS) is 24.3. The largest absolute Gasteiger partial charge is 0.341 e. The molecule has 8 heteroatoms. The van der Waals surface area contributed by atoms with Crippen LogP contribution in [-0.4, -0.2) is 70.2 Å². The maximum absolute atomic E-state index is 12.0. The molecule has 0 spiro atoms. The molecule has 1 aromatic rings. The van der Waals surface area contributed by atoms with E-state index in [1.54, 1.807) is 18.3 Å². The first-order valence-electron chi connectivity index (χ1n) is 9.15. The van der Waals surface area contributed by atoms with Gasteiger partial charge in [0.2, 0.25) is 5.95 Å². The third kappa shape index (κ3) is 3.48. The van der Waals surface area contributed by atoms with Crippen molar-refractivity contribution in [3.63, 3.8) is 0 Å². The molecular formula is C18H23N5O2S. The number of aromatic nitrogens is 2. The van der Waals surface area contributed by atoms with Crippen LogP contribution in [0.2, 0.25) is 0 Å². The summed E-state index contributed by atoms with van der Waals surface area (Å²) in [5.41, 5.74) is 0.663. The lowest BCUT2D eigenvalue weighted by Crippen LogP contribution is -2.44. The SMILES string of the molecule is CN1C(=O)SC(=Cc2ccnc(N3CCC(N4CCCC4)CC3)n2)C1=O. The van der Waals surface area contributed by atoms with Gasteiger partial charge in [-0.25, -0.2) is 9.97 Å². The second-order valence-electron chi connectivity index (χ2n) is 6.98. The van der Waals surface area contributed by atoms with Gasteiger partial charge in [-0.15, -0.1) is 0 Å². The van der Waals surface area contributed by atoms with E-state index in [-0.39, 0.29) is 11.1 Å².